The lowest BCUT2D eigenvalue weighted by molar-refractivity contribution is -0.137. The molecule has 0 aromatic carbocycles. The van der Waals surface area contributed by atoms with Crippen molar-refractivity contribution in [2.75, 3.05) is 6.61 Å². The maximum Gasteiger partial charge on any atom is 0.330 e. The van der Waals surface area contributed by atoms with Crippen molar-refractivity contribution >= 4 is 17.3 Å². The van der Waals surface area contributed by atoms with Crippen LogP contribution in [-0.2, 0) is 16.0 Å². The van der Waals surface area contributed by atoms with Crippen molar-refractivity contribution in [3.05, 3.63) is 34.5 Å². The second-order valence-electron chi connectivity index (χ2n) is 2.49. The van der Waals surface area contributed by atoms with E-state index in [9.17, 15) is 4.79 Å². The normalized spacial score (nSPS) is 10.5. The topological polar surface area (TPSA) is 26.3 Å². The van der Waals surface area contributed by atoms with E-state index in [0.29, 0.717) is 6.61 Å². The predicted octanol–water partition coefficient (Wildman–Crippen LogP) is 2.41. The minimum Gasteiger partial charge on any atom is -0.463 e. The Hall–Kier alpha value is -1.09. The first-order valence-electron chi connectivity index (χ1n) is 4.17. The molecule has 0 radical (unpaired) electrons. The molecule has 0 spiro atoms. The average Bonchev–Trinajstić information content (AvgIpc) is 2.57. The highest BCUT2D eigenvalue weighted by atomic mass is 32.1. The lowest BCUT2D eigenvalue weighted by Gasteiger charge is -1.93. The molecule has 70 valence electrons. The van der Waals surface area contributed by atoms with E-state index in [0.717, 1.165) is 6.42 Å². The van der Waals surface area contributed by atoms with Gasteiger partial charge >= 0.3 is 5.97 Å². The minimum atomic E-state index is -0.266. The van der Waals surface area contributed by atoms with Crippen molar-refractivity contribution in [3.8, 4) is 0 Å². The van der Waals surface area contributed by atoms with Crippen LogP contribution in [0.25, 0.3) is 0 Å². The van der Waals surface area contributed by atoms with Crippen LogP contribution in [0.4, 0.5) is 0 Å². The van der Waals surface area contributed by atoms with E-state index in [1.54, 1.807) is 18.3 Å². The fraction of sp³-hybridized carbons (Fsp3) is 0.300. The van der Waals surface area contributed by atoms with Gasteiger partial charge in [-0.05, 0) is 35.7 Å². The number of esters is 1. The van der Waals surface area contributed by atoms with Crippen LogP contribution >= 0.6 is 11.3 Å². The smallest absolute Gasteiger partial charge is 0.330 e. The number of carbonyl (C=O) groups is 1. The molecule has 1 aromatic heterocycles. The van der Waals surface area contributed by atoms with Crippen LogP contribution in [0, 0.1) is 0 Å². The molecule has 0 aliphatic carbocycles. The maximum absolute atomic E-state index is 10.9. The molecule has 13 heavy (non-hydrogen) atoms. The molecule has 2 nitrogen and oxygen atoms in total. The Balaban J connectivity index is 2.29. The van der Waals surface area contributed by atoms with Gasteiger partial charge in [0.05, 0.1) is 6.61 Å². The van der Waals surface area contributed by atoms with E-state index < -0.39 is 0 Å². The minimum absolute atomic E-state index is 0.266. The van der Waals surface area contributed by atoms with Gasteiger partial charge in [0.25, 0.3) is 0 Å². The molecule has 1 rings (SSSR count). The fourth-order valence-corrected chi connectivity index (χ4v) is 1.57. The molecule has 0 saturated carbocycles. The molecule has 0 aliphatic heterocycles. The number of hydrogen-bond acceptors (Lipinski definition) is 3. The number of carbonyl (C=O) groups excluding carboxylic acids is 1. The second-order valence-corrected chi connectivity index (χ2v) is 3.27. The zero-order valence-corrected chi connectivity index (χ0v) is 8.34. The van der Waals surface area contributed by atoms with E-state index in [1.165, 1.54) is 11.6 Å². The number of hydrogen-bond donors (Lipinski definition) is 0. The van der Waals surface area contributed by atoms with Crippen LogP contribution in [0.1, 0.15) is 12.5 Å². The van der Waals surface area contributed by atoms with Gasteiger partial charge in [0.1, 0.15) is 0 Å². The first-order valence-corrected chi connectivity index (χ1v) is 5.11. The highest BCUT2D eigenvalue weighted by Gasteiger charge is 1.93. The summed E-state index contributed by atoms with van der Waals surface area (Å²) in [6, 6.07) is 2.04. The van der Waals surface area contributed by atoms with Crippen LogP contribution in [0.2, 0.25) is 0 Å². The molecule has 0 amide bonds. The van der Waals surface area contributed by atoms with E-state index in [2.05, 4.69) is 5.38 Å². The summed E-state index contributed by atoms with van der Waals surface area (Å²) in [6.07, 6.45) is 4.09. The van der Waals surface area contributed by atoms with Gasteiger partial charge in [-0.1, -0.05) is 6.08 Å². The monoisotopic (exact) mass is 196 g/mol. The molecule has 1 aromatic rings. The summed E-state index contributed by atoms with van der Waals surface area (Å²) in [4.78, 5) is 10.9. The second kappa shape index (κ2) is 5.54. The highest BCUT2D eigenvalue weighted by Crippen LogP contribution is 2.06. The summed E-state index contributed by atoms with van der Waals surface area (Å²) in [5, 5.41) is 4.09. The van der Waals surface area contributed by atoms with Crippen LogP contribution in [-0.4, -0.2) is 12.6 Å². The molecular weight excluding hydrogens is 184 g/mol. The van der Waals surface area contributed by atoms with Gasteiger partial charge in [-0.25, -0.2) is 4.79 Å². The highest BCUT2D eigenvalue weighted by molar-refractivity contribution is 7.07. The molecule has 0 saturated heterocycles. The van der Waals surface area contributed by atoms with Gasteiger partial charge in [-0.15, -0.1) is 0 Å². The molecular formula is C10H12O2S. The first kappa shape index (κ1) is 9.99. The average molecular weight is 196 g/mol. The van der Waals surface area contributed by atoms with E-state index in [4.69, 9.17) is 4.74 Å². The first-order chi connectivity index (χ1) is 6.33. The maximum atomic E-state index is 10.9. The Labute approximate surface area is 81.8 Å². The molecule has 0 fully saturated rings. The molecule has 0 N–H and O–H groups in total. The molecule has 0 unspecified atom stereocenters. The Bertz CT molecular complexity index is 275. The van der Waals surface area contributed by atoms with Crippen molar-refractivity contribution in [2.45, 2.75) is 13.3 Å². The van der Waals surface area contributed by atoms with E-state index in [1.807, 2.05) is 17.5 Å². The standard InChI is InChI=1S/C10H12O2S/c1-2-12-10(11)5-3-4-9-6-7-13-8-9/h3,5-8H,2,4H2,1H3/b5-3+. The summed E-state index contributed by atoms with van der Waals surface area (Å²) >= 11 is 1.66. The van der Waals surface area contributed by atoms with Crippen LogP contribution in [0.5, 0.6) is 0 Å². The SMILES string of the molecule is CCOC(=O)/C=C/Cc1ccsc1. The third-order valence-electron chi connectivity index (χ3n) is 1.47. The van der Waals surface area contributed by atoms with Gasteiger partial charge in [0, 0.05) is 6.08 Å². The van der Waals surface area contributed by atoms with Gasteiger partial charge in [-0.2, -0.15) is 11.3 Å². The number of rotatable bonds is 4. The van der Waals surface area contributed by atoms with Crippen LogP contribution < -0.4 is 0 Å². The molecule has 0 bridgehead atoms. The predicted molar refractivity (Wildman–Crippen MR) is 53.8 cm³/mol. The van der Waals surface area contributed by atoms with E-state index in [-0.39, 0.29) is 5.97 Å². The number of thiophene rings is 1. The number of allylic oxidation sites excluding steroid dienone is 1. The van der Waals surface area contributed by atoms with Gasteiger partial charge in [0.2, 0.25) is 0 Å². The van der Waals surface area contributed by atoms with Crippen molar-refractivity contribution in [1.29, 1.82) is 0 Å². The Morgan fingerprint density at radius 2 is 2.54 bits per heavy atom. The summed E-state index contributed by atoms with van der Waals surface area (Å²) < 4.78 is 4.74. The zero-order valence-electron chi connectivity index (χ0n) is 7.53. The quantitative estimate of drug-likeness (QED) is 0.546. The van der Waals surface area contributed by atoms with Crippen LogP contribution in [0.3, 0.4) is 0 Å². The Kier molecular flexibility index (Phi) is 4.26. The third kappa shape index (κ3) is 3.90. The van der Waals surface area contributed by atoms with Crippen molar-refractivity contribution in [3.63, 3.8) is 0 Å². The lowest BCUT2D eigenvalue weighted by atomic mass is 10.2. The molecule has 3 heteroatoms. The zero-order chi connectivity index (χ0) is 9.52. The third-order valence-corrected chi connectivity index (χ3v) is 2.21. The lowest BCUT2D eigenvalue weighted by Crippen LogP contribution is -1.98. The van der Waals surface area contributed by atoms with Gasteiger partial charge < -0.3 is 4.74 Å². The van der Waals surface area contributed by atoms with Crippen molar-refractivity contribution in [1.82, 2.24) is 0 Å². The van der Waals surface area contributed by atoms with Crippen molar-refractivity contribution < 1.29 is 9.53 Å². The van der Waals surface area contributed by atoms with Crippen LogP contribution in [0.15, 0.2) is 29.0 Å². The summed E-state index contributed by atoms with van der Waals surface area (Å²) in [5.41, 5.74) is 1.23. The van der Waals surface area contributed by atoms with Crippen molar-refractivity contribution in [2.24, 2.45) is 0 Å². The summed E-state index contributed by atoms with van der Waals surface area (Å²) in [6.45, 7) is 2.23. The summed E-state index contributed by atoms with van der Waals surface area (Å²) in [7, 11) is 0. The largest absolute Gasteiger partial charge is 0.463 e. The fourth-order valence-electron chi connectivity index (χ4n) is 0.890. The molecule has 0 aliphatic rings. The summed E-state index contributed by atoms with van der Waals surface area (Å²) in [5.74, 6) is -0.266. The molecule has 1 heterocycles. The Morgan fingerprint density at radius 3 is 3.15 bits per heavy atom. The Morgan fingerprint density at radius 1 is 1.69 bits per heavy atom. The van der Waals surface area contributed by atoms with Gasteiger partial charge in [0.15, 0.2) is 0 Å². The van der Waals surface area contributed by atoms with Gasteiger partial charge in [-0.3, -0.25) is 0 Å². The van der Waals surface area contributed by atoms with E-state index >= 15 is 0 Å². The molecule has 0 atom stereocenters. The number of ether oxygens (including phenoxy) is 1.